The predicted molar refractivity (Wildman–Crippen MR) is 121 cm³/mol. The summed E-state index contributed by atoms with van der Waals surface area (Å²) in [6.45, 7) is 9.22. The van der Waals surface area contributed by atoms with E-state index in [9.17, 15) is 4.79 Å². The number of hydrogen-bond acceptors (Lipinski definition) is 4. The van der Waals surface area contributed by atoms with Crippen LogP contribution in [0, 0.1) is 0 Å². The van der Waals surface area contributed by atoms with Crippen LogP contribution in [-0.2, 0) is 11.3 Å². The Balaban J connectivity index is 1.60. The van der Waals surface area contributed by atoms with E-state index in [1.165, 1.54) is 6.42 Å². The van der Waals surface area contributed by atoms with Crippen LogP contribution in [0.5, 0.6) is 0 Å². The first-order chi connectivity index (χ1) is 14.2. The van der Waals surface area contributed by atoms with Gasteiger partial charge in [-0.1, -0.05) is 19.1 Å². The first-order valence-electron chi connectivity index (χ1n) is 10.8. The van der Waals surface area contributed by atoms with Crippen LogP contribution in [0.4, 0.5) is 0 Å². The van der Waals surface area contributed by atoms with E-state index in [4.69, 9.17) is 9.73 Å². The van der Waals surface area contributed by atoms with Crippen LogP contribution in [0.2, 0.25) is 0 Å². The minimum absolute atomic E-state index is 0.0444. The smallest absolute Gasteiger partial charge is 0.251 e. The van der Waals surface area contributed by atoms with Crippen molar-refractivity contribution in [2.45, 2.75) is 51.0 Å². The molecule has 2 unspecified atom stereocenters. The van der Waals surface area contributed by atoms with Gasteiger partial charge in [-0.15, -0.1) is 0 Å². The van der Waals surface area contributed by atoms with Gasteiger partial charge in [0.05, 0.1) is 12.6 Å². The maximum absolute atomic E-state index is 12.5. The molecule has 2 saturated heterocycles. The molecule has 2 atom stereocenters. The molecule has 2 aliphatic heterocycles. The molecular formula is C22H34N4O2S. The van der Waals surface area contributed by atoms with Crippen molar-refractivity contribution in [3.8, 4) is 0 Å². The van der Waals surface area contributed by atoms with Gasteiger partial charge in [0.2, 0.25) is 0 Å². The molecule has 0 radical (unpaired) electrons. The molecule has 1 aromatic rings. The summed E-state index contributed by atoms with van der Waals surface area (Å²) in [4.78, 5) is 19.7. The van der Waals surface area contributed by atoms with Crippen molar-refractivity contribution in [1.29, 1.82) is 0 Å². The van der Waals surface area contributed by atoms with Gasteiger partial charge in [-0.25, -0.2) is 4.99 Å². The molecule has 1 aromatic carbocycles. The van der Waals surface area contributed by atoms with Gasteiger partial charge in [0.1, 0.15) is 0 Å². The number of aliphatic imine (C=N–C) groups is 1. The van der Waals surface area contributed by atoms with E-state index in [-0.39, 0.29) is 12.0 Å². The summed E-state index contributed by atoms with van der Waals surface area (Å²) in [5, 5.41) is 7.09. The maximum Gasteiger partial charge on any atom is 0.251 e. The average molecular weight is 419 g/mol. The van der Waals surface area contributed by atoms with Crippen molar-refractivity contribution < 1.29 is 9.53 Å². The number of carbonyl (C=O) groups excluding carboxylic acids is 1. The highest BCUT2D eigenvalue weighted by Gasteiger charge is 2.21. The number of hydrogen-bond donors (Lipinski definition) is 2. The molecule has 0 saturated carbocycles. The van der Waals surface area contributed by atoms with E-state index < -0.39 is 0 Å². The summed E-state index contributed by atoms with van der Waals surface area (Å²) in [7, 11) is 0. The van der Waals surface area contributed by atoms with E-state index in [1.807, 2.05) is 24.3 Å². The molecule has 2 N–H and O–H groups in total. The summed E-state index contributed by atoms with van der Waals surface area (Å²) in [6.07, 6.45) is 3.44. The Morgan fingerprint density at radius 1 is 1.34 bits per heavy atom. The normalized spacial score (nSPS) is 22.6. The molecule has 2 heterocycles. The van der Waals surface area contributed by atoms with Crippen molar-refractivity contribution in [1.82, 2.24) is 15.5 Å². The summed E-state index contributed by atoms with van der Waals surface area (Å²) in [5.74, 6) is 2.07. The largest absolute Gasteiger partial charge is 0.376 e. The average Bonchev–Trinajstić information content (AvgIpc) is 3.29. The van der Waals surface area contributed by atoms with Crippen molar-refractivity contribution in [2.75, 3.05) is 38.5 Å². The fraction of sp³-hybridized carbons (Fsp3) is 0.636. The molecule has 0 aromatic heterocycles. The van der Waals surface area contributed by atoms with E-state index in [2.05, 4.69) is 41.1 Å². The molecule has 7 heteroatoms. The molecular weight excluding hydrogens is 384 g/mol. The molecule has 29 heavy (non-hydrogen) atoms. The fourth-order valence-corrected chi connectivity index (χ4v) is 4.86. The molecule has 160 valence electrons. The van der Waals surface area contributed by atoms with E-state index >= 15 is 0 Å². The van der Waals surface area contributed by atoms with Crippen LogP contribution in [0.25, 0.3) is 0 Å². The number of carbonyl (C=O) groups is 1. The first-order valence-corrected chi connectivity index (χ1v) is 11.9. The SMILES string of the molecule is CCNC(=NCc1cccc(C(=O)NCC2CCCO2)c1)N1CCSC(CC)C1. The molecule has 6 nitrogen and oxygen atoms in total. The highest BCUT2D eigenvalue weighted by molar-refractivity contribution is 8.00. The van der Waals surface area contributed by atoms with E-state index in [1.54, 1.807) is 0 Å². The summed E-state index contributed by atoms with van der Waals surface area (Å²) >= 11 is 2.06. The van der Waals surface area contributed by atoms with Gasteiger partial charge in [-0.2, -0.15) is 11.8 Å². The highest BCUT2D eigenvalue weighted by atomic mass is 32.2. The second kappa shape index (κ2) is 11.5. The third-order valence-corrected chi connectivity index (χ3v) is 6.72. The maximum atomic E-state index is 12.5. The standard InChI is InChI=1S/C22H34N4O2S/c1-3-20-16-26(10-12-29-20)22(23-4-2)25-14-17-7-5-8-18(13-17)21(27)24-15-19-9-6-11-28-19/h5,7-8,13,19-20H,3-4,6,9-12,14-16H2,1-2H3,(H,23,25)(H,24,27). The lowest BCUT2D eigenvalue weighted by Gasteiger charge is -2.34. The number of guanidine groups is 1. The minimum atomic E-state index is -0.0444. The zero-order valence-electron chi connectivity index (χ0n) is 17.7. The minimum Gasteiger partial charge on any atom is -0.376 e. The highest BCUT2D eigenvalue weighted by Crippen LogP contribution is 2.21. The molecule has 0 bridgehead atoms. The number of ether oxygens (including phenoxy) is 1. The molecule has 2 aliphatic rings. The van der Waals surface area contributed by atoms with Gasteiger partial charge in [0, 0.05) is 49.4 Å². The molecule has 3 rings (SSSR count). The first kappa shape index (κ1) is 22.0. The topological polar surface area (TPSA) is 66.0 Å². The van der Waals surface area contributed by atoms with Gasteiger partial charge < -0.3 is 20.3 Å². The Hall–Kier alpha value is -1.73. The van der Waals surface area contributed by atoms with Crippen LogP contribution < -0.4 is 10.6 Å². The van der Waals surface area contributed by atoms with Crippen molar-refractivity contribution >= 4 is 23.6 Å². The predicted octanol–water partition coefficient (Wildman–Crippen LogP) is 2.89. The van der Waals surface area contributed by atoms with Crippen molar-refractivity contribution in [3.63, 3.8) is 0 Å². The number of benzene rings is 1. The number of nitrogens with zero attached hydrogens (tertiary/aromatic N) is 2. The van der Waals surface area contributed by atoms with Crippen LogP contribution in [0.3, 0.4) is 0 Å². The Morgan fingerprint density at radius 3 is 3.00 bits per heavy atom. The Labute approximate surface area is 178 Å². The molecule has 1 amide bonds. The van der Waals surface area contributed by atoms with E-state index in [0.29, 0.717) is 23.9 Å². The van der Waals surface area contributed by atoms with Gasteiger partial charge in [0.15, 0.2) is 5.96 Å². The van der Waals surface area contributed by atoms with Gasteiger partial charge in [-0.3, -0.25) is 4.79 Å². The second-order valence-electron chi connectivity index (χ2n) is 7.56. The summed E-state index contributed by atoms with van der Waals surface area (Å²) in [5.41, 5.74) is 1.73. The zero-order chi connectivity index (χ0) is 20.5. The lowest BCUT2D eigenvalue weighted by Crippen LogP contribution is -2.48. The third kappa shape index (κ3) is 6.64. The quantitative estimate of drug-likeness (QED) is 0.527. The number of rotatable bonds is 7. The van der Waals surface area contributed by atoms with Crippen LogP contribution in [-0.4, -0.2) is 66.7 Å². The van der Waals surface area contributed by atoms with Crippen molar-refractivity contribution in [2.24, 2.45) is 4.99 Å². The monoisotopic (exact) mass is 418 g/mol. The van der Waals surface area contributed by atoms with Gasteiger partial charge in [-0.05, 0) is 43.9 Å². The zero-order valence-corrected chi connectivity index (χ0v) is 18.5. The molecule has 0 aliphatic carbocycles. The third-order valence-electron chi connectivity index (χ3n) is 5.34. The van der Waals surface area contributed by atoms with Crippen molar-refractivity contribution in [3.05, 3.63) is 35.4 Å². The summed E-state index contributed by atoms with van der Waals surface area (Å²) < 4.78 is 5.58. The van der Waals surface area contributed by atoms with Crippen LogP contribution in [0.1, 0.15) is 49.0 Å². The Kier molecular flexibility index (Phi) is 8.68. The fourth-order valence-electron chi connectivity index (χ4n) is 3.68. The van der Waals surface area contributed by atoms with Gasteiger partial charge in [0.25, 0.3) is 5.91 Å². The summed E-state index contributed by atoms with van der Waals surface area (Å²) in [6, 6.07) is 7.77. The molecule has 2 fully saturated rings. The number of thioether (sulfide) groups is 1. The lowest BCUT2D eigenvalue weighted by atomic mass is 10.1. The lowest BCUT2D eigenvalue weighted by molar-refractivity contribution is 0.0857. The number of nitrogens with one attached hydrogen (secondary N) is 2. The van der Waals surface area contributed by atoms with Crippen LogP contribution in [0.15, 0.2) is 29.3 Å². The van der Waals surface area contributed by atoms with Crippen LogP contribution >= 0.6 is 11.8 Å². The van der Waals surface area contributed by atoms with Gasteiger partial charge >= 0.3 is 0 Å². The van der Waals surface area contributed by atoms with E-state index in [0.717, 1.165) is 56.4 Å². The Bertz CT molecular complexity index is 691. The Morgan fingerprint density at radius 2 is 2.24 bits per heavy atom. The second-order valence-corrected chi connectivity index (χ2v) is 8.97. The number of amides is 1. The molecule has 0 spiro atoms.